The molecule has 1 nitrogen and oxygen atoms in total. The number of fused-ring (bicyclic) bond motifs is 1. The zero-order chi connectivity index (χ0) is 4.91. The van der Waals surface area contributed by atoms with Gasteiger partial charge in [0, 0.05) is 6.04 Å². The molecule has 1 aliphatic heterocycles. The molecule has 2 fully saturated rings. The molecule has 40 valence electrons. The summed E-state index contributed by atoms with van der Waals surface area (Å²) in [4.78, 5) is 0. The number of piperidine rings is 1. The molecule has 2 rings (SSSR count). The predicted octanol–water partition coefficient (Wildman–Crippen LogP) is 0.758. The summed E-state index contributed by atoms with van der Waals surface area (Å²) in [5.41, 5.74) is 0.750. The summed E-state index contributed by atoms with van der Waals surface area (Å²) < 4.78 is 0. The highest BCUT2D eigenvalue weighted by atomic mass is 15.0. The van der Waals surface area contributed by atoms with E-state index in [1.807, 2.05) is 0 Å². The Hall–Kier alpha value is -0.0400. The Morgan fingerprint density at radius 2 is 2.57 bits per heavy atom. The molecule has 1 saturated carbocycles. The van der Waals surface area contributed by atoms with Gasteiger partial charge < -0.3 is 5.32 Å². The maximum absolute atomic E-state index is 3.43. The van der Waals surface area contributed by atoms with Crippen molar-refractivity contribution in [1.29, 1.82) is 0 Å². The molecule has 7 heavy (non-hydrogen) atoms. The van der Waals surface area contributed by atoms with Crippen LogP contribution in [0.5, 0.6) is 0 Å². The molecule has 1 heterocycles. The molecule has 0 aromatic rings. The molecular formula is C6H11N. The topological polar surface area (TPSA) is 12.0 Å². The Bertz CT molecular complexity index is 98.4. The van der Waals surface area contributed by atoms with Crippen molar-refractivity contribution in [3.05, 3.63) is 0 Å². The molecule has 0 amide bonds. The van der Waals surface area contributed by atoms with Crippen LogP contribution in [-0.2, 0) is 0 Å². The fraction of sp³-hybridized carbons (Fsp3) is 1.00. The highest BCUT2D eigenvalue weighted by Gasteiger charge is 2.52. The van der Waals surface area contributed by atoms with Crippen molar-refractivity contribution in [3.8, 4) is 0 Å². The third kappa shape index (κ3) is 0.367. The fourth-order valence-corrected chi connectivity index (χ4v) is 1.53. The van der Waals surface area contributed by atoms with Crippen LogP contribution in [0.25, 0.3) is 0 Å². The minimum absolute atomic E-state index is 0.750. The van der Waals surface area contributed by atoms with Crippen molar-refractivity contribution in [1.82, 2.24) is 5.32 Å². The number of hydrogen-bond acceptors (Lipinski definition) is 1. The summed E-state index contributed by atoms with van der Waals surface area (Å²) in [7, 11) is 0. The molecule has 0 spiro atoms. The van der Waals surface area contributed by atoms with E-state index in [1.165, 1.54) is 19.4 Å². The molecule has 1 aliphatic carbocycles. The van der Waals surface area contributed by atoms with E-state index in [9.17, 15) is 0 Å². The van der Waals surface area contributed by atoms with Crippen LogP contribution in [0.15, 0.2) is 0 Å². The molecule has 2 unspecified atom stereocenters. The number of nitrogens with one attached hydrogen (secondary N) is 1. The largest absolute Gasteiger partial charge is 0.313 e. The molecule has 0 bridgehead atoms. The maximum Gasteiger partial charge on any atom is 0.0128 e. The van der Waals surface area contributed by atoms with Crippen molar-refractivity contribution in [2.45, 2.75) is 25.8 Å². The van der Waals surface area contributed by atoms with Gasteiger partial charge in [0.15, 0.2) is 0 Å². The van der Waals surface area contributed by atoms with Crippen molar-refractivity contribution < 1.29 is 0 Å². The molecule has 1 heteroatoms. The minimum Gasteiger partial charge on any atom is -0.313 e. The standard InChI is InChI=1S/C6H11N/c1-6-2-3-7-5(6)4-6/h5,7H,2-4H2,1H3. The lowest BCUT2D eigenvalue weighted by Gasteiger charge is -1.95. The van der Waals surface area contributed by atoms with Gasteiger partial charge in [-0.25, -0.2) is 0 Å². The first-order valence-corrected chi connectivity index (χ1v) is 3.05. The van der Waals surface area contributed by atoms with Gasteiger partial charge in [0.2, 0.25) is 0 Å². The highest BCUT2D eigenvalue weighted by Crippen LogP contribution is 2.51. The second-order valence-corrected chi connectivity index (χ2v) is 3.11. The third-order valence-corrected chi connectivity index (χ3v) is 2.44. The van der Waals surface area contributed by atoms with Crippen LogP contribution in [0.3, 0.4) is 0 Å². The molecule has 0 aromatic carbocycles. The van der Waals surface area contributed by atoms with Crippen LogP contribution in [0, 0.1) is 5.41 Å². The van der Waals surface area contributed by atoms with Crippen molar-refractivity contribution in [2.75, 3.05) is 6.54 Å². The minimum atomic E-state index is 0.750. The lowest BCUT2D eigenvalue weighted by Crippen LogP contribution is -2.10. The smallest absolute Gasteiger partial charge is 0.0128 e. The second-order valence-electron chi connectivity index (χ2n) is 3.11. The van der Waals surface area contributed by atoms with Gasteiger partial charge in [-0.15, -0.1) is 0 Å². The van der Waals surface area contributed by atoms with E-state index >= 15 is 0 Å². The molecule has 0 radical (unpaired) electrons. The van der Waals surface area contributed by atoms with Crippen molar-refractivity contribution in [2.24, 2.45) is 5.41 Å². The summed E-state index contributed by atoms with van der Waals surface area (Å²) >= 11 is 0. The van der Waals surface area contributed by atoms with Gasteiger partial charge in [0.25, 0.3) is 0 Å². The lowest BCUT2D eigenvalue weighted by atomic mass is 10.1. The van der Waals surface area contributed by atoms with Gasteiger partial charge in [-0.2, -0.15) is 0 Å². The van der Waals surface area contributed by atoms with Crippen LogP contribution in [0.1, 0.15) is 19.8 Å². The van der Waals surface area contributed by atoms with Crippen molar-refractivity contribution in [3.63, 3.8) is 0 Å². The van der Waals surface area contributed by atoms with E-state index < -0.39 is 0 Å². The maximum atomic E-state index is 3.43. The predicted molar refractivity (Wildman–Crippen MR) is 29.1 cm³/mol. The van der Waals surface area contributed by atoms with Gasteiger partial charge in [-0.3, -0.25) is 0 Å². The van der Waals surface area contributed by atoms with Crippen LogP contribution in [-0.4, -0.2) is 12.6 Å². The zero-order valence-electron chi connectivity index (χ0n) is 4.70. The third-order valence-electron chi connectivity index (χ3n) is 2.44. The first-order valence-electron chi connectivity index (χ1n) is 3.05. The van der Waals surface area contributed by atoms with Gasteiger partial charge >= 0.3 is 0 Å². The Kier molecular flexibility index (Phi) is 0.487. The first kappa shape index (κ1) is 3.90. The van der Waals surface area contributed by atoms with E-state index in [4.69, 9.17) is 0 Å². The summed E-state index contributed by atoms with van der Waals surface area (Å²) in [5, 5.41) is 3.43. The second kappa shape index (κ2) is 0.873. The number of rotatable bonds is 0. The van der Waals surface area contributed by atoms with Gasteiger partial charge in [0.1, 0.15) is 0 Å². The monoisotopic (exact) mass is 97.1 g/mol. The van der Waals surface area contributed by atoms with Gasteiger partial charge in [-0.1, -0.05) is 6.92 Å². The van der Waals surface area contributed by atoms with Crippen LogP contribution in [0.4, 0.5) is 0 Å². The first-order chi connectivity index (χ1) is 3.31. The Balaban J connectivity index is 2.17. The summed E-state index contributed by atoms with van der Waals surface area (Å²) in [6, 6.07) is 0.910. The van der Waals surface area contributed by atoms with E-state index in [0.717, 1.165) is 11.5 Å². The van der Waals surface area contributed by atoms with Crippen LogP contribution >= 0.6 is 0 Å². The molecule has 1 saturated heterocycles. The van der Waals surface area contributed by atoms with Gasteiger partial charge in [-0.05, 0) is 24.8 Å². The normalized spacial score (nSPS) is 57.0. The zero-order valence-corrected chi connectivity index (χ0v) is 4.70. The highest BCUT2D eigenvalue weighted by molar-refractivity contribution is 5.09. The van der Waals surface area contributed by atoms with Crippen LogP contribution in [0.2, 0.25) is 0 Å². The van der Waals surface area contributed by atoms with Crippen LogP contribution < -0.4 is 5.32 Å². The molecular weight excluding hydrogens is 86.1 g/mol. The molecule has 2 atom stereocenters. The Labute approximate surface area is 44.1 Å². The molecule has 0 aromatic heterocycles. The molecule has 2 aliphatic rings. The molecule has 1 N–H and O–H groups in total. The van der Waals surface area contributed by atoms with E-state index in [1.54, 1.807) is 0 Å². The van der Waals surface area contributed by atoms with Crippen molar-refractivity contribution >= 4 is 0 Å². The fourth-order valence-electron chi connectivity index (χ4n) is 1.53. The number of hydrogen-bond donors (Lipinski definition) is 1. The summed E-state index contributed by atoms with van der Waals surface area (Å²) in [5.74, 6) is 0. The Morgan fingerprint density at radius 3 is 2.71 bits per heavy atom. The average Bonchev–Trinajstić information content (AvgIpc) is 2.09. The SMILES string of the molecule is CC12CCNC1C2. The summed E-state index contributed by atoms with van der Waals surface area (Å²) in [6.07, 6.45) is 2.85. The van der Waals surface area contributed by atoms with E-state index in [0.29, 0.717) is 0 Å². The average molecular weight is 97.2 g/mol. The summed E-state index contributed by atoms with van der Waals surface area (Å²) in [6.45, 7) is 3.64. The van der Waals surface area contributed by atoms with Gasteiger partial charge in [0.05, 0.1) is 0 Å². The quantitative estimate of drug-likeness (QED) is 0.470. The van der Waals surface area contributed by atoms with E-state index in [2.05, 4.69) is 12.2 Å². The lowest BCUT2D eigenvalue weighted by molar-refractivity contribution is 0.575. The Morgan fingerprint density at radius 1 is 1.71 bits per heavy atom. The van der Waals surface area contributed by atoms with E-state index in [-0.39, 0.29) is 0 Å².